The molecule has 0 unspecified atom stereocenters. The number of hydrazine groups is 1. The van der Waals surface area contributed by atoms with E-state index in [2.05, 4.69) is 10.9 Å². The van der Waals surface area contributed by atoms with Gasteiger partial charge in [-0.15, -0.1) is 0 Å². The van der Waals surface area contributed by atoms with Gasteiger partial charge in [-0.2, -0.15) is 0 Å². The summed E-state index contributed by atoms with van der Waals surface area (Å²) in [5.41, 5.74) is 4.08. The van der Waals surface area contributed by atoms with Crippen LogP contribution in [0.4, 0.5) is 0 Å². The molecule has 112 valence electrons. The first kappa shape index (κ1) is 15.5. The van der Waals surface area contributed by atoms with Crippen LogP contribution in [0.1, 0.15) is 31.1 Å². The summed E-state index contributed by atoms with van der Waals surface area (Å²) in [6.07, 6.45) is 0. The van der Waals surface area contributed by atoms with Gasteiger partial charge in [0.2, 0.25) is 0 Å². The number of carbonyl (C=O) groups excluding carboxylic acids is 3. The van der Waals surface area contributed by atoms with Crippen LogP contribution in [-0.2, 0) is 0 Å². The fourth-order valence-corrected chi connectivity index (χ4v) is 1.97. The van der Waals surface area contributed by atoms with E-state index in [1.807, 2.05) is 0 Å². The van der Waals surface area contributed by atoms with E-state index < -0.39 is 17.8 Å². The molecule has 0 aliphatic rings. The van der Waals surface area contributed by atoms with Crippen LogP contribution in [0.5, 0.6) is 0 Å². The van der Waals surface area contributed by atoms with E-state index in [9.17, 15) is 19.5 Å². The molecule has 2 N–H and O–H groups in total. The van der Waals surface area contributed by atoms with Gasteiger partial charge < -0.3 is 9.90 Å². The van der Waals surface area contributed by atoms with Gasteiger partial charge in [-0.3, -0.25) is 20.4 Å². The minimum Gasteiger partial charge on any atom is -0.545 e. The summed E-state index contributed by atoms with van der Waals surface area (Å²) >= 11 is 5.86. The third-order valence-corrected chi connectivity index (χ3v) is 3.13. The first-order valence-corrected chi connectivity index (χ1v) is 6.54. The van der Waals surface area contributed by atoms with E-state index in [0.29, 0.717) is 0 Å². The lowest BCUT2D eigenvalue weighted by molar-refractivity contribution is -0.255. The maximum atomic E-state index is 11.9. The lowest BCUT2D eigenvalue weighted by Crippen LogP contribution is -2.42. The lowest BCUT2D eigenvalue weighted by atomic mass is 10.1. The molecule has 0 spiro atoms. The molecule has 0 radical (unpaired) electrons. The van der Waals surface area contributed by atoms with Crippen LogP contribution in [0.25, 0.3) is 0 Å². The number of benzene rings is 2. The Bertz CT molecular complexity index is 746. The Morgan fingerprint density at radius 1 is 0.773 bits per heavy atom. The Balaban J connectivity index is 2.09. The zero-order valence-electron chi connectivity index (χ0n) is 11.1. The predicted molar refractivity (Wildman–Crippen MR) is 77.2 cm³/mol. The average Bonchev–Trinajstić information content (AvgIpc) is 2.52. The largest absolute Gasteiger partial charge is 0.545 e. The molecule has 0 atom stereocenters. The van der Waals surface area contributed by atoms with E-state index in [1.54, 1.807) is 12.1 Å². The first-order valence-electron chi connectivity index (χ1n) is 6.16. The molecule has 0 aliphatic heterocycles. The van der Waals surface area contributed by atoms with Crippen LogP contribution in [0.15, 0.2) is 48.5 Å². The maximum Gasteiger partial charge on any atom is 0.271 e. The monoisotopic (exact) mass is 317 g/mol. The molecule has 0 bridgehead atoms. The Morgan fingerprint density at radius 2 is 1.23 bits per heavy atom. The topological polar surface area (TPSA) is 98.3 Å². The van der Waals surface area contributed by atoms with Gasteiger partial charge in [-0.1, -0.05) is 41.9 Å². The molecular formula is C15H10ClN2O4-. The van der Waals surface area contributed by atoms with E-state index >= 15 is 0 Å². The highest BCUT2D eigenvalue weighted by atomic mass is 35.5. The molecular weight excluding hydrogens is 308 g/mol. The van der Waals surface area contributed by atoms with Gasteiger partial charge in [0.15, 0.2) is 0 Å². The molecule has 2 aromatic carbocycles. The molecule has 22 heavy (non-hydrogen) atoms. The van der Waals surface area contributed by atoms with Crippen molar-refractivity contribution < 1.29 is 19.5 Å². The van der Waals surface area contributed by atoms with E-state index in [0.717, 1.165) is 0 Å². The summed E-state index contributed by atoms with van der Waals surface area (Å²) in [6, 6.07) is 11.8. The number of carboxylic acid groups (broad SMARTS) is 1. The number of hydrogen-bond acceptors (Lipinski definition) is 4. The van der Waals surface area contributed by atoms with Crippen LogP contribution in [0.2, 0.25) is 5.02 Å². The van der Waals surface area contributed by atoms with Crippen molar-refractivity contribution in [3.63, 3.8) is 0 Å². The molecule has 7 heteroatoms. The molecule has 0 aromatic heterocycles. The molecule has 0 fully saturated rings. The van der Waals surface area contributed by atoms with Crippen molar-refractivity contribution in [2.75, 3.05) is 0 Å². The van der Waals surface area contributed by atoms with Crippen LogP contribution < -0.4 is 16.0 Å². The van der Waals surface area contributed by atoms with Crippen molar-refractivity contribution in [1.82, 2.24) is 10.9 Å². The van der Waals surface area contributed by atoms with Crippen molar-refractivity contribution in [2.24, 2.45) is 0 Å². The highest BCUT2D eigenvalue weighted by Crippen LogP contribution is 2.14. The normalized spacial score (nSPS) is 9.86. The molecule has 0 saturated heterocycles. The SMILES string of the molecule is O=C(NNC(=O)c1ccccc1C(=O)[O-])c1ccccc1Cl. The maximum absolute atomic E-state index is 11.9. The Hall–Kier alpha value is -2.86. The fourth-order valence-electron chi connectivity index (χ4n) is 1.75. The summed E-state index contributed by atoms with van der Waals surface area (Å²) in [6.45, 7) is 0. The van der Waals surface area contributed by atoms with Gasteiger partial charge in [0, 0.05) is 5.56 Å². The number of aromatic carboxylic acids is 1. The molecule has 6 nitrogen and oxygen atoms in total. The van der Waals surface area contributed by atoms with Crippen LogP contribution >= 0.6 is 11.6 Å². The minimum atomic E-state index is -1.48. The second-order valence-corrected chi connectivity index (χ2v) is 4.63. The smallest absolute Gasteiger partial charge is 0.271 e. The van der Waals surface area contributed by atoms with Crippen LogP contribution in [0.3, 0.4) is 0 Å². The summed E-state index contributed by atoms with van der Waals surface area (Å²) in [5.74, 6) is -2.88. The van der Waals surface area contributed by atoms with Crippen LogP contribution in [0, 0.1) is 0 Å². The van der Waals surface area contributed by atoms with E-state index in [-0.39, 0.29) is 21.7 Å². The van der Waals surface area contributed by atoms with Crippen molar-refractivity contribution in [1.29, 1.82) is 0 Å². The molecule has 2 aromatic rings. The lowest BCUT2D eigenvalue weighted by Gasteiger charge is -2.11. The Kier molecular flexibility index (Phi) is 4.75. The molecule has 2 amide bonds. The zero-order valence-corrected chi connectivity index (χ0v) is 11.9. The third kappa shape index (κ3) is 3.42. The number of halogens is 1. The Labute approximate surface area is 130 Å². The summed E-state index contributed by atoms with van der Waals surface area (Å²) in [5, 5.41) is 11.2. The number of nitrogens with one attached hydrogen (secondary N) is 2. The van der Waals surface area contributed by atoms with Crippen molar-refractivity contribution in [2.45, 2.75) is 0 Å². The number of amides is 2. The van der Waals surface area contributed by atoms with Crippen LogP contribution in [-0.4, -0.2) is 17.8 Å². The number of rotatable bonds is 3. The van der Waals surface area contributed by atoms with Crippen molar-refractivity contribution in [3.05, 3.63) is 70.2 Å². The summed E-state index contributed by atoms with van der Waals surface area (Å²) < 4.78 is 0. The summed E-state index contributed by atoms with van der Waals surface area (Å²) in [4.78, 5) is 34.8. The molecule has 0 saturated carbocycles. The van der Waals surface area contributed by atoms with Crippen molar-refractivity contribution >= 4 is 29.4 Å². The fraction of sp³-hybridized carbons (Fsp3) is 0. The quantitative estimate of drug-likeness (QED) is 0.817. The zero-order chi connectivity index (χ0) is 16.1. The average molecular weight is 318 g/mol. The number of carbonyl (C=O) groups is 3. The van der Waals surface area contributed by atoms with Gasteiger partial charge in [0.05, 0.1) is 22.1 Å². The standard InChI is InChI=1S/C15H11ClN2O4/c16-12-8-4-3-7-11(12)14(20)18-17-13(19)9-5-1-2-6-10(9)15(21)22/h1-8H,(H,17,19)(H,18,20)(H,21,22)/p-1. The first-order chi connectivity index (χ1) is 10.5. The molecule has 2 rings (SSSR count). The van der Waals surface area contributed by atoms with Gasteiger partial charge in [0.1, 0.15) is 0 Å². The second kappa shape index (κ2) is 6.73. The molecule has 0 aliphatic carbocycles. The van der Waals surface area contributed by atoms with Crippen molar-refractivity contribution in [3.8, 4) is 0 Å². The number of carboxylic acids is 1. The highest BCUT2D eigenvalue weighted by Gasteiger charge is 2.14. The van der Waals surface area contributed by atoms with Gasteiger partial charge >= 0.3 is 0 Å². The van der Waals surface area contributed by atoms with E-state index in [1.165, 1.54) is 36.4 Å². The highest BCUT2D eigenvalue weighted by molar-refractivity contribution is 6.33. The van der Waals surface area contributed by atoms with Gasteiger partial charge in [-0.05, 0) is 18.2 Å². The Morgan fingerprint density at radius 3 is 1.77 bits per heavy atom. The summed E-state index contributed by atoms with van der Waals surface area (Å²) in [7, 11) is 0. The number of hydrogen-bond donors (Lipinski definition) is 2. The van der Waals surface area contributed by atoms with E-state index in [4.69, 9.17) is 11.6 Å². The molecule has 0 heterocycles. The second-order valence-electron chi connectivity index (χ2n) is 4.22. The van der Waals surface area contributed by atoms with Gasteiger partial charge in [0.25, 0.3) is 11.8 Å². The predicted octanol–water partition coefficient (Wildman–Crippen LogP) is 0.778. The third-order valence-electron chi connectivity index (χ3n) is 2.80. The van der Waals surface area contributed by atoms with Gasteiger partial charge in [-0.25, -0.2) is 0 Å². The minimum absolute atomic E-state index is 0.123.